The van der Waals surface area contributed by atoms with Crippen LogP contribution in [0.1, 0.15) is 39.2 Å². The standard InChI is InChI=1S/C25H32N4O4S/c1-4-18-10-7-8-11-20(18)26-24(30)17-29-23-16-19(34(32,33)27(5-2)6-3)13-14-21(23)28-15-9-12-22(28)25(29)31/h7-8,10-11,13-14,16,22H,4-6,9,12,15,17H2,1-3H3,(H,26,30). The van der Waals surface area contributed by atoms with Crippen LogP contribution < -0.4 is 15.1 Å². The largest absolute Gasteiger partial charge is 0.358 e. The van der Waals surface area contributed by atoms with Gasteiger partial charge in [0.25, 0.3) is 0 Å². The smallest absolute Gasteiger partial charge is 0.250 e. The molecule has 2 aromatic carbocycles. The predicted molar refractivity (Wildman–Crippen MR) is 134 cm³/mol. The number of benzene rings is 2. The van der Waals surface area contributed by atoms with Crippen LogP contribution in [0.4, 0.5) is 17.1 Å². The number of hydrogen-bond donors (Lipinski definition) is 1. The summed E-state index contributed by atoms with van der Waals surface area (Å²) in [6, 6.07) is 12.2. The molecule has 2 aliphatic heterocycles. The van der Waals surface area contributed by atoms with Gasteiger partial charge in [-0.15, -0.1) is 0 Å². The number of sulfonamides is 1. The maximum Gasteiger partial charge on any atom is 0.250 e. The summed E-state index contributed by atoms with van der Waals surface area (Å²) in [6.45, 7) is 6.86. The normalized spacial score (nSPS) is 17.6. The van der Waals surface area contributed by atoms with Crippen LogP contribution in [0.15, 0.2) is 47.4 Å². The van der Waals surface area contributed by atoms with Crippen molar-refractivity contribution in [2.75, 3.05) is 41.3 Å². The second-order valence-electron chi connectivity index (χ2n) is 8.57. The summed E-state index contributed by atoms with van der Waals surface area (Å²) >= 11 is 0. The molecule has 9 heteroatoms. The minimum absolute atomic E-state index is 0.127. The molecule has 1 unspecified atom stereocenters. The minimum Gasteiger partial charge on any atom is -0.358 e. The lowest BCUT2D eigenvalue weighted by atomic mass is 10.1. The number of nitrogens with one attached hydrogen (secondary N) is 1. The fourth-order valence-corrected chi connectivity index (χ4v) is 6.37. The summed E-state index contributed by atoms with van der Waals surface area (Å²) in [6.07, 6.45) is 2.36. The molecule has 0 aromatic heterocycles. The molecule has 0 spiro atoms. The van der Waals surface area contributed by atoms with Gasteiger partial charge in [0.1, 0.15) is 12.6 Å². The van der Waals surface area contributed by atoms with Gasteiger partial charge in [-0.2, -0.15) is 4.31 Å². The molecule has 182 valence electrons. The number of nitrogens with zero attached hydrogens (tertiary/aromatic N) is 3. The second kappa shape index (κ2) is 9.76. The van der Waals surface area contributed by atoms with Gasteiger partial charge in [-0.1, -0.05) is 39.0 Å². The highest BCUT2D eigenvalue weighted by atomic mass is 32.2. The SMILES string of the molecule is CCc1ccccc1NC(=O)CN1C(=O)C2CCCN2c2ccc(S(=O)(=O)N(CC)CC)cc21. The van der Waals surface area contributed by atoms with Crippen LogP contribution in [-0.4, -0.2) is 56.8 Å². The van der Waals surface area contributed by atoms with E-state index in [-0.39, 0.29) is 29.3 Å². The Labute approximate surface area is 201 Å². The molecular formula is C25H32N4O4S. The summed E-state index contributed by atoms with van der Waals surface area (Å²) in [5, 5.41) is 2.93. The van der Waals surface area contributed by atoms with E-state index >= 15 is 0 Å². The van der Waals surface area contributed by atoms with Gasteiger partial charge in [0.15, 0.2) is 0 Å². The first-order valence-electron chi connectivity index (χ1n) is 11.9. The van der Waals surface area contributed by atoms with Crippen molar-refractivity contribution in [3.8, 4) is 0 Å². The zero-order valence-corrected chi connectivity index (χ0v) is 20.8. The Hall–Kier alpha value is -2.91. The summed E-state index contributed by atoms with van der Waals surface area (Å²) < 4.78 is 27.7. The fraction of sp³-hybridized carbons (Fsp3) is 0.440. The molecule has 0 saturated carbocycles. The average Bonchev–Trinajstić information content (AvgIpc) is 3.33. The predicted octanol–water partition coefficient (Wildman–Crippen LogP) is 3.23. The topological polar surface area (TPSA) is 90.0 Å². The van der Waals surface area contributed by atoms with E-state index in [0.29, 0.717) is 25.2 Å². The Morgan fingerprint density at radius 3 is 2.53 bits per heavy atom. The summed E-state index contributed by atoms with van der Waals surface area (Å²) in [5.41, 5.74) is 2.99. The van der Waals surface area contributed by atoms with Crippen LogP contribution in [0.3, 0.4) is 0 Å². The number of carbonyl (C=O) groups excluding carboxylic acids is 2. The zero-order valence-electron chi connectivity index (χ0n) is 20.0. The van der Waals surface area contributed by atoms with Crippen LogP contribution in [0.25, 0.3) is 0 Å². The first-order valence-corrected chi connectivity index (χ1v) is 13.4. The Bertz CT molecular complexity index is 1190. The molecular weight excluding hydrogens is 452 g/mol. The molecule has 2 heterocycles. The third-order valence-electron chi connectivity index (χ3n) is 6.67. The first kappa shape index (κ1) is 24.2. The first-order chi connectivity index (χ1) is 16.3. The van der Waals surface area contributed by atoms with E-state index in [1.165, 1.54) is 9.21 Å². The lowest BCUT2D eigenvalue weighted by Gasteiger charge is -2.39. The molecule has 1 fully saturated rings. The van der Waals surface area contributed by atoms with Crippen molar-refractivity contribution in [3.05, 3.63) is 48.0 Å². The van der Waals surface area contributed by atoms with Crippen molar-refractivity contribution in [2.24, 2.45) is 0 Å². The lowest BCUT2D eigenvalue weighted by molar-refractivity contribution is -0.122. The van der Waals surface area contributed by atoms with Crippen LogP contribution >= 0.6 is 0 Å². The van der Waals surface area contributed by atoms with Crippen LogP contribution in [0.2, 0.25) is 0 Å². The molecule has 0 aliphatic carbocycles. The second-order valence-corrected chi connectivity index (χ2v) is 10.5. The summed E-state index contributed by atoms with van der Waals surface area (Å²) in [7, 11) is -3.71. The number of para-hydroxylation sites is 1. The van der Waals surface area contributed by atoms with Gasteiger partial charge in [0.05, 0.1) is 16.3 Å². The monoisotopic (exact) mass is 484 g/mol. The lowest BCUT2D eigenvalue weighted by Crippen LogP contribution is -2.52. The molecule has 2 amide bonds. The van der Waals surface area contributed by atoms with Crippen LogP contribution in [-0.2, 0) is 26.0 Å². The highest BCUT2D eigenvalue weighted by Gasteiger charge is 2.42. The van der Waals surface area contributed by atoms with E-state index in [1.54, 1.807) is 32.0 Å². The summed E-state index contributed by atoms with van der Waals surface area (Å²) in [5.74, 6) is -0.482. The number of carbonyl (C=O) groups is 2. The van der Waals surface area contributed by atoms with Crippen molar-refractivity contribution >= 4 is 38.9 Å². The van der Waals surface area contributed by atoms with Crippen molar-refractivity contribution < 1.29 is 18.0 Å². The Morgan fingerprint density at radius 2 is 1.82 bits per heavy atom. The molecule has 2 aliphatic rings. The quantitative estimate of drug-likeness (QED) is 0.621. The molecule has 8 nitrogen and oxygen atoms in total. The van der Waals surface area contributed by atoms with E-state index < -0.39 is 10.0 Å². The summed E-state index contributed by atoms with van der Waals surface area (Å²) in [4.78, 5) is 30.1. The Morgan fingerprint density at radius 1 is 1.09 bits per heavy atom. The third kappa shape index (κ3) is 4.30. The highest BCUT2D eigenvalue weighted by Crippen LogP contribution is 2.41. The average molecular weight is 485 g/mol. The molecule has 4 rings (SSSR count). The molecule has 1 N–H and O–H groups in total. The van der Waals surface area contributed by atoms with Gasteiger partial charge in [-0.25, -0.2) is 8.42 Å². The minimum atomic E-state index is -3.71. The van der Waals surface area contributed by atoms with Gasteiger partial charge < -0.3 is 10.2 Å². The number of fused-ring (bicyclic) bond motifs is 3. The van der Waals surface area contributed by atoms with Crippen molar-refractivity contribution in [2.45, 2.75) is 51.0 Å². The van der Waals surface area contributed by atoms with E-state index in [9.17, 15) is 18.0 Å². The Balaban J connectivity index is 1.70. The van der Waals surface area contributed by atoms with Crippen LogP contribution in [0.5, 0.6) is 0 Å². The molecule has 2 aromatic rings. The third-order valence-corrected chi connectivity index (χ3v) is 8.71. The number of rotatable bonds is 8. The van der Waals surface area contributed by atoms with E-state index in [0.717, 1.165) is 36.3 Å². The number of hydrogen-bond acceptors (Lipinski definition) is 5. The van der Waals surface area contributed by atoms with Crippen molar-refractivity contribution in [1.29, 1.82) is 0 Å². The number of anilines is 3. The maximum atomic E-state index is 13.4. The molecule has 0 radical (unpaired) electrons. The molecule has 0 bridgehead atoms. The fourth-order valence-electron chi connectivity index (χ4n) is 4.89. The van der Waals surface area contributed by atoms with Crippen molar-refractivity contribution in [3.63, 3.8) is 0 Å². The van der Waals surface area contributed by atoms with Gasteiger partial charge in [0.2, 0.25) is 21.8 Å². The van der Waals surface area contributed by atoms with Crippen molar-refractivity contribution in [1.82, 2.24) is 4.31 Å². The molecule has 34 heavy (non-hydrogen) atoms. The number of aryl methyl sites for hydroxylation is 1. The van der Waals surface area contributed by atoms with Gasteiger partial charge in [-0.3, -0.25) is 14.5 Å². The maximum absolute atomic E-state index is 13.4. The highest BCUT2D eigenvalue weighted by molar-refractivity contribution is 7.89. The molecule has 1 atom stereocenters. The van der Waals surface area contributed by atoms with Gasteiger partial charge in [0, 0.05) is 25.3 Å². The van der Waals surface area contributed by atoms with E-state index in [1.807, 2.05) is 36.1 Å². The zero-order chi connectivity index (χ0) is 24.5. The Kier molecular flexibility index (Phi) is 6.95. The molecule has 1 saturated heterocycles. The van der Waals surface area contributed by atoms with E-state index in [4.69, 9.17) is 0 Å². The number of amides is 2. The van der Waals surface area contributed by atoms with Crippen LogP contribution in [0, 0.1) is 0 Å². The van der Waals surface area contributed by atoms with E-state index in [2.05, 4.69) is 5.32 Å². The van der Waals surface area contributed by atoms with Gasteiger partial charge in [-0.05, 0) is 49.1 Å². The van der Waals surface area contributed by atoms with Gasteiger partial charge >= 0.3 is 0 Å².